The molecule has 0 aromatic carbocycles. The molecule has 0 fully saturated rings. The zero-order valence-electron chi connectivity index (χ0n) is 16.6. The van der Waals surface area contributed by atoms with Crippen LogP contribution in [0.3, 0.4) is 0 Å². The van der Waals surface area contributed by atoms with Crippen LogP contribution in [0.25, 0.3) is 0 Å². The fourth-order valence-electron chi connectivity index (χ4n) is 3.29. The molecule has 0 radical (unpaired) electrons. The number of nitrogens with zero attached hydrogens (tertiary/aromatic N) is 1. The minimum atomic E-state index is -0.573. The number of nitrogens with one attached hydrogen (secondary N) is 2. The summed E-state index contributed by atoms with van der Waals surface area (Å²) in [5, 5.41) is 6.09. The van der Waals surface area contributed by atoms with Gasteiger partial charge in [0.2, 0.25) is 0 Å². The number of hydrogen-bond donors (Lipinski definition) is 2. The standard InChI is InChI=1S/C20H25N3O5S/c1-23-10-5-7-14(23)20(26)28-12-16(24)22-19-17(18(25)21-9-11-27-2)13-6-3-4-8-15(13)29-19/h5,7,10H,3-4,6,8-9,11-12H2,1-2H3,(H,21,25)(H,22,24). The number of aryl methyl sites for hydroxylation is 2. The molecule has 2 aromatic heterocycles. The Morgan fingerprint density at radius 3 is 2.76 bits per heavy atom. The maximum atomic E-state index is 12.7. The van der Waals surface area contributed by atoms with Crippen LogP contribution in [0.15, 0.2) is 18.3 Å². The van der Waals surface area contributed by atoms with E-state index in [2.05, 4.69) is 10.6 Å². The molecule has 2 aromatic rings. The second-order valence-electron chi connectivity index (χ2n) is 6.79. The van der Waals surface area contributed by atoms with Crippen LogP contribution in [0, 0.1) is 0 Å². The number of carbonyl (C=O) groups is 3. The van der Waals surface area contributed by atoms with E-state index in [0.29, 0.717) is 29.4 Å². The number of aromatic nitrogens is 1. The number of esters is 1. The van der Waals surface area contributed by atoms with Gasteiger partial charge in [-0.1, -0.05) is 0 Å². The number of carbonyl (C=O) groups excluding carboxylic acids is 3. The maximum Gasteiger partial charge on any atom is 0.355 e. The lowest BCUT2D eigenvalue weighted by atomic mass is 9.95. The van der Waals surface area contributed by atoms with Crippen LogP contribution in [-0.4, -0.2) is 49.2 Å². The molecule has 0 unspecified atom stereocenters. The Morgan fingerprint density at radius 2 is 2.03 bits per heavy atom. The Balaban J connectivity index is 1.68. The molecule has 0 bridgehead atoms. The quantitative estimate of drug-likeness (QED) is 0.505. The number of thiophene rings is 1. The van der Waals surface area contributed by atoms with Gasteiger partial charge in [-0.05, 0) is 43.4 Å². The lowest BCUT2D eigenvalue weighted by molar-refractivity contribution is -0.119. The van der Waals surface area contributed by atoms with Gasteiger partial charge in [0.05, 0.1) is 12.2 Å². The lowest BCUT2D eigenvalue weighted by Crippen LogP contribution is -2.29. The molecular formula is C20H25N3O5S. The summed E-state index contributed by atoms with van der Waals surface area (Å²) < 4.78 is 11.7. The highest BCUT2D eigenvalue weighted by atomic mass is 32.1. The van der Waals surface area contributed by atoms with Crippen molar-refractivity contribution in [2.45, 2.75) is 25.7 Å². The molecule has 0 atom stereocenters. The zero-order chi connectivity index (χ0) is 20.8. The summed E-state index contributed by atoms with van der Waals surface area (Å²) in [4.78, 5) is 38.3. The van der Waals surface area contributed by atoms with E-state index < -0.39 is 18.5 Å². The number of anilines is 1. The third-order valence-electron chi connectivity index (χ3n) is 4.73. The number of amides is 2. The van der Waals surface area contributed by atoms with E-state index in [1.807, 2.05) is 0 Å². The van der Waals surface area contributed by atoms with Crippen molar-refractivity contribution in [2.24, 2.45) is 7.05 Å². The molecule has 8 nitrogen and oxygen atoms in total. The molecule has 29 heavy (non-hydrogen) atoms. The highest BCUT2D eigenvalue weighted by Gasteiger charge is 2.26. The number of methoxy groups -OCH3 is 1. The van der Waals surface area contributed by atoms with Crippen molar-refractivity contribution in [3.63, 3.8) is 0 Å². The molecule has 2 amide bonds. The summed E-state index contributed by atoms with van der Waals surface area (Å²) in [6, 6.07) is 3.34. The lowest BCUT2D eigenvalue weighted by Gasteiger charge is -2.13. The van der Waals surface area contributed by atoms with Crippen molar-refractivity contribution in [3.05, 3.63) is 40.0 Å². The van der Waals surface area contributed by atoms with Gasteiger partial charge in [0.25, 0.3) is 11.8 Å². The van der Waals surface area contributed by atoms with E-state index in [1.165, 1.54) is 11.3 Å². The minimum absolute atomic E-state index is 0.224. The number of fused-ring (bicyclic) bond motifs is 1. The van der Waals surface area contributed by atoms with E-state index in [0.717, 1.165) is 36.1 Å². The van der Waals surface area contributed by atoms with Gasteiger partial charge in [0.1, 0.15) is 10.7 Å². The fraction of sp³-hybridized carbons (Fsp3) is 0.450. The summed E-state index contributed by atoms with van der Waals surface area (Å²) in [5.74, 6) is -1.27. The van der Waals surface area contributed by atoms with Crippen molar-refractivity contribution in [2.75, 3.05) is 32.2 Å². The smallest absolute Gasteiger partial charge is 0.355 e. The molecule has 0 saturated carbocycles. The average Bonchev–Trinajstić information content (AvgIpc) is 3.29. The summed E-state index contributed by atoms with van der Waals surface area (Å²) in [6.07, 6.45) is 5.53. The Labute approximate surface area is 173 Å². The highest BCUT2D eigenvalue weighted by Crippen LogP contribution is 2.38. The van der Waals surface area contributed by atoms with Gasteiger partial charge in [0, 0.05) is 31.8 Å². The van der Waals surface area contributed by atoms with Crippen molar-refractivity contribution in [1.29, 1.82) is 0 Å². The first-order chi connectivity index (χ1) is 14.0. The summed E-state index contributed by atoms with van der Waals surface area (Å²) in [7, 11) is 3.29. The topological polar surface area (TPSA) is 98.7 Å². The summed E-state index contributed by atoms with van der Waals surface area (Å²) in [6.45, 7) is 0.383. The molecule has 3 rings (SSSR count). The second-order valence-corrected chi connectivity index (χ2v) is 7.90. The monoisotopic (exact) mass is 419 g/mol. The highest BCUT2D eigenvalue weighted by molar-refractivity contribution is 7.17. The Morgan fingerprint density at radius 1 is 1.24 bits per heavy atom. The van der Waals surface area contributed by atoms with Crippen molar-refractivity contribution >= 4 is 34.1 Å². The van der Waals surface area contributed by atoms with Crippen LogP contribution < -0.4 is 10.6 Å². The van der Waals surface area contributed by atoms with Crippen molar-refractivity contribution < 1.29 is 23.9 Å². The first-order valence-electron chi connectivity index (χ1n) is 9.51. The van der Waals surface area contributed by atoms with Gasteiger partial charge < -0.3 is 24.7 Å². The molecule has 156 valence electrons. The molecule has 1 aliphatic carbocycles. The zero-order valence-corrected chi connectivity index (χ0v) is 17.4. The Kier molecular flexibility index (Phi) is 7.05. The Bertz CT molecular complexity index is 902. The molecule has 1 aliphatic rings. The largest absolute Gasteiger partial charge is 0.451 e. The SMILES string of the molecule is COCCNC(=O)c1c(NC(=O)COC(=O)c2cccn2C)sc2c1CCCC2. The number of hydrogen-bond acceptors (Lipinski definition) is 6. The average molecular weight is 420 g/mol. The third kappa shape index (κ3) is 5.04. The van der Waals surface area contributed by atoms with Crippen molar-refractivity contribution in [1.82, 2.24) is 9.88 Å². The molecule has 0 spiro atoms. The van der Waals surface area contributed by atoms with Gasteiger partial charge >= 0.3 is 5.97 Å². The van der Waals surface area contributed by atoms with Crippen LogP contribution in [0.2, 0.25) is 0 Å². The fourth-order valence-corrected chi connectivity index (χ4v) is 4.59. The minimum Gasteiger partial charge on any atom is -0.451 e. The Hall–Kier alpha value is -2.65. The van der Waals surface area contributed by atoms with E-state index in [4.69, 9.17) is 9.47 Å². The molecule has 2 N–H and O–H groups in total. The van der Waals surface area contributed by atoms with Crippen LogP contribution in [0.4, 0.5) is 5.00 Å². The van der Waals surface area contributed by atoms with Crippen LogP contribution >= 0.6 is 11.3 Å². The molecular weight excluding hydrogens is 394 g/mol. The maximum absolute atomic E-state index is 12.7. The van der Waals surface area contributed by atoms with Crippen molar-refractivity contribution in [3.8, 4) is 0 Å². The second kappa shape index (κ2) is 9.71. The van der Waals surface area contributed by atoms with E-state index in [9.17, 15) is 14.4 Å². The van der Waals surface area contributed by atoms with Crippen LogP contribution in [-0.2, 0) is 34.2 Å². The predicted octanol–water partition coefficient (Wildman–Crippen LogP) is 2.14. The van der Waals surface area contributed by atoms with E-state index in [1.54, 1.807) is 37.1 Å². The predicted molar refractivity (Wildman–Crippen MR) is 109 cm³/mol. The first-order valence-corrected chi connectivity index (χ1v) is 10.3. The molecule has 2 heterocycles. The van der Waals surface area contributed by atoms with Crippen LogP contribution in [0.5, 0.6) is 0 Å². The van der Waals surface area contributed by atoms with Gasteiger partial charge in [-0.25, -0.2) is 4.79 Å². The first kappa shape index (κ1) is 21.1. The van der Waals surface area contributed by atoms with E-state index in [-0.39, 0.29) is 5.91 Å². The van der Waals surface area contributed by atoms with Gasteiger partial charge in [-0.3, -0.25) is 9.59 Å². The number of ether oxygens (including phenoxy) is 2. The van der Waals surface area contributed by atoms with E-state index >= 15 is 0 Å². The van der Waals surface area contributed by atoms with Gasteiger partial charge in [0.15, 0.2) is 6.61 Å². The van der Waals surface area contributed by atoms with Crippen LogP contribution in [0.1, 0.15) is 44.1 Å². The van der Waals surface area contributed by atoms with Gasteiger partial charge in [-0.15, -0.1) is 11.3 Å². The number of rotatable bonds is 8. The summed E-state index contributed by atoms with van der Waals surface area (Å²) in [5.41, 5.74) is 1.89. The molecule has 9 heteroatoms. The molecule has 0 aliphatic heterocycles. The molecule has 0 saturated heterocycles. The third-order valence-corrected chi connectivity index (χ3v) is 5.94. The normalized spacial score (nSPS) is 12.9. The summed E-state index contributed by atoms with van der Waals surface area (Å²) >= 11 is 1.42. The van der Waals surface area contributed by atoms with Gasteiger partial charge in [-0.2, -0.15) is 0 Å².